The van der Waals surface area contributed by atoms with E-state index in [-0.39, 0.29) is 11.8 Å². The summed E-state index contributed by atoms with van der Waals surface area (Å²) in [6.07, 6.45) is 1.51. The van der Waals surface area contributed by atoms with Crippen LogP contribution in [-0.4, -0.2) is 36.4 Å². The topological polar surface area (TPSA) is 58.6 Å². The molecule has 0 spiro atoms. The lowest BCUT2D eigenvalue weighted by molar-refractivity contribution is -0.119. The first-order valence-electron chi connectivity index (χ1n) is 7.49. The van der Waals surface area contributed by atoms with Crippen LogP contribution in [0, 0.1) is 0 Å². The normalized spacial score (nSPS) is 17.1. The van der Waals surface area contributed by atoms with E-state index in [2.05, 4.69) is 5.32 Å². The molecule has 5 nitrogen and oxygen atoms in total. The van der Waals surface area contributed by atoms with E-state index in [1.54, 1.807) is 30.2 Å². The first kappa shape index (κ1) is 15.6. The first-order valence-corrected chi connectivity index (χ1v) is 8.37. The molecule has 1 aliphatic rings. The number of ether oxygens (including phenoxy) is 1. The highest BCUT2D eigenvalue weighted by molar-refractivity contribution is 7.12. The lowest BCUT2D eigenvalue weighted by atomic mass is 10.2. The Kier molecular flexibility index (Phi) is 4.62. The van der Waals surface area contributed by atoms with Crippen molar-refractivity contribution in [1.29, 1.82) is 0 Å². The standard InChI is InChI=1S/C17H18N2O3S/c1-22-14-8-3-2-6-12(14)18-16(20)13-7-4-10-19(13)17(21)15-9-5-11-23-15/h2-3,5-6,8-9,11,13H,4,7,10H2,1H3,(H,18,20)/t13-/m1/s1. The van der Waals surface area contributed by atoms with Gasteiger partial charge in [-0.25, -0.2) is 0 Å². The Morgan fingerprint density at radius 3 is 2.83 bits per heavy atom. The van der Waals surface area contributed by atoms with E-state index in [1.165, 1.54) is 11.3 Å². The number of carbonyl (C=O) groups excluding carboxylic acids is 2. The highest BCUT2D eigenvalue weighted by Crippen LogP contribution is 2.26. The number of nitrogens with zero attached hydrogens (tertiary/aromatic N) is 1. The van der Waals surface area contributed by atoms with Gasteiger partial charge in [-0.3, -0.25) is 9.59 Å². The smallest absolute Gasteiger partial charge is 0.264 e. The molecular formula is C17H18N2O3S. The number of rotatable bonds is 4. The van der Waals surface area contributed by atoms with E-state index in [0.717, 1.165) is 6.42 Å². The van der Waals surface area contributed by atoms with E-state index in [1.807, 2.05) is 23.6 Å². The predicted molar refractivity (Wildman–Crippen MR) is 90.0 cm³/mol. The summed E-state index contributed by atoms with van der Waals surface area (Å²) in [7, 11) is 1.56. The molecule has 1 N–H and O–H groups in total. The molecule has 1 fully saturated rings. The molecule has 1 aliphatic heterocycles. The van der Waals surface area contributed by atoms with Crippen LogP contribution in [0.2, 0.25) is 0 Å². The Morgan fingerprint density at radius 1 is 1.26 bits per heavy atom. The molecule has 1 atom stereocenters. The number of benzene rings is 1. The average molecular weight is 330 g/mol. The van der Waals surface area contributed by atoms with Gasteiger partial charge in [0.1, 0.15) is 11.8 Å². The van der Waals surface area contributed by atoms with Gasteiger partial charge in [0, 0.05) is 6.54 Å². The van der Waals surface area contributed by atoms with E-state index < -0.39 is 6.04 Å². The van der Waals surface area contributed by atoms with Gasteiger partial charge in [-0.05, 0) is 36.4 Å². The van der Waals surface area contributed by atoms with Gasteiger partial charge in [0.15, 0.2) is 0 Å². The number of methoxy groups -OCH3 is 1. The lowest BCUT2D eigenvalue weighted by Gasteiger charge is -2.23. The SMILES string of the molecule is COc1ccccc1NC(=O)[C@H]1CCCN1C(=O)c1cccs1. The van der Waals surface area contributed by atoms with Crippen LogP contribution in [0.1, 0.15) is 22.5 Å². The van der Waals surface area contributed by atoms with E-state index >= 15 is 0 Å². The van der Waals surface area contributed by atoms with Crippen LogP contribution in [0.3, 0.4) is 0 Å². The number of likely N-dealkylation sites (tertiary alicyclic amines) is 1. The molecule has 0 radical (unpaired) electrons. The summed E-state index contributed by atoms with van der Waals surface area (Å²) in [5, 5.41) is 4.75. The molecule has 0 aliphatic carbocycles. The van der Waals surface area contributed by atoms with Gasteiger partial charge in [-0.15, -0.1) is 11.3 Å². The predicted octanol–water partition coefficient (Wildman–Crippen LogP) is 3.00. The Labute approximate surface area is 138 Å². The second-order valence-corrected chi connectivity index (χ2v) is 6.27. The fourth-order valence-electron chi connectivity index (χ4n) is 2.79. The van der Waals surface area contributed by atoms with Crippen LogP contribution in [-0.2, 0) is 4.79 Å². The molecule has 0 unspecified atom stereocenters. The second kappa shape index (κ2) is 6.83. The van der Waals surface area contributed by atoms with Crippen molar-refractivity contribution in [2.24, 2.45) is 0 Å². The highest BCUT2D eigenvalue weighted by atomic mass is 32.1. The third-order valence-corrected chi connectivity index (χ3v) is 4.77. The molecule has 0 saturated carbocycles. The number of hydrogen-bond donors (Lipinski definition) is 1. The zero-order valence-electron chi connectivity index (χ0n) is 12.8. The number of nitrogens with one attached hydrogen (secondary N) is 1. The molecule has 1 aromatic carbocycles. The van der Waals surface area contributed by atoms with Crippen molar-refractivity contribution in [2.75, 3.05) is 19.0 Å². The number of thiophene rings is 1. The molecule has 0 bridgehead atoms. The number of para-hydroxylation sites is 2. The molecule has 2 amide bonds. The van der Waals surface area contributed by atoms with Crippen molar-refractivity contribution >= 4 is 28.8 Å². The molecule has 6 heteroatoms. The van der Waals surface area contributed by atoms with Gasteiger partial charge in [-0.2, -0.15) is 0 Å². The Morgan fingerprint density at radius 2 is 2.09 bits per heavy atom. The van der Waals surface area contributed by atoms with Crippen LogP contribution < -0.4 is 10.1 Å². The number of carbonyl (C=O) groups is 2. The zero-order chi connectivity index (χ0) is 16.2. The number of amides is 2. The summed E-state index contributed by atoms with van der Waals surface area (Å²) in [6, 6.07) is 10.5. The Hall–Kier alpha value is -2.34. The van der Waals surface area contributed by atoms with E-state index in [4.69, 9.17) is 4.74 Å². The van der Waals surface area contributed by atoms with E-state index in [0.29, 0.717) is 29.3 Å². The summed E-state index contributed by atoms with van der Waals surface area (Å²) >= 11 is 1.40. The molecule has 23 heavy (non-hydrogen) atoms. The Bertz CT molecular complexity index is 700. The number of anilines is 1. The molecule has 120 valence electrons. The lowest BCUT2D eigenvalue weighted by Crippen LogP contribution is -2.43. The van der Waals surface area contributed by atoms with Crippen molar-refractivity contribution in [3.63, 3.8) is 0 Å². The summed E-state index contributed by atoms with van der Waals surface area (Å²) in [5.74, 6) is 0.365. The monoisotopic (exact) mass is 330 g/mol. The second-order valence-electron chi connectivity index (χ2n) is 5.32. The first-order chi connectivity index (χ1) is 11.2. The van der Waals surface area contributed by atoms with Crippen LogP contribution >= 0.6 is 11.3 Å². The van der Waals surface area contributed by atoms with Crippen LogP contribution in [0.15, 0.2) is 41.8 Å². The van der Waals surface area contributed by atoms with Crippen molar-refractivity contribution in [2.45, 2.75) is 18.9 Å². The minimum atomic E-state index is -0.436. The fourth-order valence-corrected chi connectivity index (χ4v) is 3.47. The van der Waals surface area contributed by atoms with Gasteiger partial charge >= 0.3 is 0 Å². The van der Waals surface area contributed by atoms with Crippen LogP contribution in [0.25, 0.3) is 0 Å². The largest absolute Gasteiger partial charge is 0.495 e. The van der Waals surface area contributed by atoms with Gasteiger partial charge in [0.2, 0.25) is 5.91 Å². The highest BCUT2D eigenvalue weighted by Gasteiger charge is 2.35. The fraction of sp³-hybridized carbons (Fsp3) is 0.294. The van der Waals surface area contributed by atoms with Gasteiger partial charge < -0.3 is 15.0 Å². The molecule has 3 rings (SSSR count). The van der Waals surface area contributed by atoms with Crippen LogP contribution in [0.5, 0.6) is 5.75 Å². The minimum Gasteiger partial charge on any atom is -0.495 e. The third kappa shape index (κ3) is 3.22. The van der Waals surface area contributed by atoms with Crippen molar-refractivity contribution < 1.29 is 14.3 Å². The van der Waals surface area contributed by atoms with Gasteiger partial charge in [0.05, 0.1) is 17.7 Å². The average Bonchev–Trinajstić information content (AvgIpc) is 3.26. The summed E-state index contributed by atoms with van der Waals surface area (Å²) in [6.45, 7) is 0.612. The summed E-state index contributed by atoms with van der Waals surface area (Å²) < 4.78 is 5.25. The summed E-state index contributed by atoms with van der Waals surface area (Å²) in [5.41, 5.74) is 0.621. The van der Waals surface area contributed by atoms with Crippen LogP contribution in [0.4, 0.5) is 5.69 Å². The summed E-state index contributed by atoms with van der Waals surface area (Å²) in [4.78, 5) is 27.5. The Balaban J connectivity index is 1.74. The maximum atomic E-state index is 12.6. The maximum Gasteiger partial charge on any atom is 0.264 e. The van der Waals surface area contributed by atoms with E-state index in [9.17, 15) is 9.59 Å². The van der Waals surface area contributed by atoms with Crippen molar-refractivity contribution in [1.82, 2.24) is 4.90 Å². The number of hydrogen-bond acceptors (Lipinski definition) is 4. The third-order valence-electron chi connectivity index (χ3n) is 3.91. The molecule has 2 heterocycles. The molecule has 2 aromatic rings. The van der Waals surface area contributed by atoms with Crippen molar-refractivity contribution in [3.05, 3.63) is 46.7 Å². The molecule has 1 aromatic heterocycles. The maximum absolute atomic E-state index is 12.6. The van der Waals surface area contributed by atoms with Crippen molar-refractivity contribution in [3.8, 4) is 5.75 Å². The van der Waals surface area contributed by atoms with Gasteiger partial charge in [-0.1, -0.05) is 18.2 Å². The zero-order valence-corrected chi connectivity index (χ0v) is 13.6. The molecule has 1 saturated heterocycles. The quantitative estimate of drug-likeness (QED) is 0.937. The molecular weight excluding hydrogens is 312 g/mol. The minimum absolute atomic E-state index is 0.0716. The van der Waals surface area contributed by atoms with Gasteiger partial charge in [0.25, 0.3) is 5.91 Å².